The number of hydrogen-bond acceptors (Lipinski definition) is 4. The number of hydrogen-bond donors (Lipinski definition) is 1. The lowest BCUT2D eigenvalue weighted by Crippen LogP contribution is -2.41. The first-order valence-corrected chi connectivity index (χ1v) is 10.1. The molecule has 0 aromatic heterocycles. The van der Waals surface area contributed by atoms with Crippen molar-refractivity contribution in [1.82, 2.24) is 5.32 Å². The molecule has 1 fully saturated rings. The molecule has 1 aromatic rings. The van der Waals surface area contributed by atoms with Crippen LogP contribution in [0.1, 0.15) is 54.0 Å². The molecule has 0 atom stereocenters. The van der Waals surface area contributed by atoms with E-state index in [9.17, 15) is 13.6 Å². The van der Waals surface area contributed by atoms with Crippen molar-refractivity contribution in [2.75, 3.05) is 6.54 Å². The highest BCUT2D eigenvalue weighted by Crippen LogP contribution is 2.39. The van der Waals surface area contributed by atoms with Crippen molar-refractivity contribution in [1.29, 1.82) is 0 Å². The number of carbonyl (C=O) groups excluding carboxylic acids is 1. The molecule has 9 heteroatoms. The van der Waals surface area contributed by atoms with Crippen LogP contribution < -0.4 is 5.32 Å². The molecule has 5 nitrogen and oxygen atoms in total. The van der Waals surface area contributed by atoms with Gasteiger partial charge in [0.15, 0.2) is 0 Å². The molecule has 1 N–H and O–H groups in total. The minimum atomic E-state index is -0.891. The second-order valence-corrected chi connectivity index (χ2v) is 9.86. The highest BCUT2D eigenvalue weighted by molar-refractivity contribution is 9.10. The molecule has 0 bridgehead atoms. The number of alkyl carbamates (subject to hydrolysis) is 1. The number of benzene rings is 1. The second kappa shape index (κ2) is 8.36. The Balaban J connectivity index is 2.36. The molecular weight excluding hydrogens is 447 g/mol. The van der Waals surface area contributed by atoms with Gasteiger partial charge in [0, 0.05) is 16.6 Å². The van der Waals surface area contributed by atoms with Gasteiger partial charge in [-0.25, -0.2) is 13.6 Å². The lowest BCUT2D eigenvalue weighted by atomic mass is 9.77. The Kier molecular flexibility index (Phi) is 6.87. The first kappa shape index (κ1) is 23.8. The van der Waals surface area contributed by atoms with Crippen molar-refractivity contribution in [3.63, 3.8) is 0 Å². The van der Waals surface area contributed by atoms with Gasteiger partial charge in [-0.3, -0.25) is 0 Å². The van der Waals surface area contributed by atoms with Gasteiger partial charge in [0.25, 0.3) is 0 Å². The van der Waals surface area contributed by atoms with Gasteiger partial charge in [-0.1, -0.05) is 22.0 Å². The normalized spacial score (nSPS) is 18.7. The molecule has 1 aromatic carbocycles. The van der Waals surface area contributed by atoms with Crippen LogP contribution in [-0.2, 0) is 14.0 Å². The van der Waals surface area contributed by atoms with E-state index in [-0.39, 0.29) is 16.6 Å². The van der Waals surface area contributed by atoms with Crippen molar-refractivity contribution in [2.24, 2.45) is 0 Å². The summed E-state index contributed by atoms with van der Waals surface area (Å²) < 4.78 is 46.3. The molecule has 160 valence electrons. The summed E-state index contributed by atoms with van der Waals surface area (Å²) in [5.74, 6) is -1.49. The van der Waals surface area contributed by atoms with Gasteiger partial charge in [0.1, 0.15) is 17.2 Å². The summed E-state index contributed by atoms with van der Waals surface area (Å²) in [4.78, 5) is 12.1. The summed E-state index contributed by atoms with van der Waals surface area (Å²) in [7, 11) is -0.891. The molecule has 0 aliphatic carbocycles. The van der Waals surface area contributed by atoms with Crippen molar-refractivity contribution >= 4 is 35.2 Å². The van der Waals surface area contributed by atoms with Crippen LogP contribution in [0.25, 0.3) is 6.08 Å². The summed E-state index contributed by atoms with van der Waals surface area (Å²) in [5, 5.41) is 2.60. The minimum Gasteiger partial charge on any atom is -0.444 e. The molecule has 0 radical (unpaired) electrons. The van der Waals surface area contributed by atoms with Gasteiger partial charge < -0.3 is 19.4 Å². The molecule has 2 rings (SSSR count). The van der Waals surface area contributed by atoms with Gasteiger partial charge in [0.05, 0.1) is 11.2 Å². The second-order valence-electron chi connectivity index (χ2n) is 8.95. The van der Waals surface area contributed by atoms with E-state index in [4.69, 9.17) is 14.0 Å². The maximum Gasteiger partial charge on any atom is 0.492 e. The molecule has 1 aliphatic heterocycles. The lowest BCUT2D eigenvalue weighted by molar-refractivity contribution is 0.00578. The third-order valence-corrected chi connectivity index (χ3v) is 5.22. The summed E-state index contributed by atoms with van der Waals surface area (Å²) in [6.07, 6.45) is 0.646. The molecule has 1 aliphatic rings. The Labute approximate surface area is 179 Å². The maximum absolute atomic E-state index is 14.4. The number of amides is 1. The first-order chi connectivity index (χ1) is 13.1. The highest BCUT2D eigenvalue weighted by atomic mass is 79.9. The number of rotatable bonds is 4. The van der Waals surface area contributed by atoms with Crippen LogP contribution in [0.2, 0.25) is 0 Å². The fraction of sp³-hybridized carbons (Fsp3) is 0.550. The molecule has 1 amide bonds. The van der Waals surface area contributed by atoms with Crippen LogP contribution >= 0.6 is 15.9 Å². The van der Waals surface area contributed by atoms with Crippen molar-refractivity contribution in [2.45, 2.75) is 65.3 Å². The Bertz CT molecular complexity index is 782. The zero-order valence-electron chi connectivity index (χ0n) is 17.8. The summed E-state index contributed by atoms with van der Waals surface area (Å²) in [6.45, 7) is 12.6. The van der Waals surface area contributed by atoms with Crippen LogP contribution in [0.3, 0.4) is 0 Å². The van der Waals surface area contributed by atoms with Crippen molar-refractivity contribution in [3.8, 4) is 0 Å². The molecule has 1 heterocycles. The van der Waals surface area contributed by atoms with Crippen LogP contribution in [0.15, 0.2) is 22.1 Å². The molecular formula is C20H27BBrF2NO4. The van der Waals surface area contributed by atoms with E-state index in [1.807, 2.05) is 27.7 Å². The average molecular weight is 474 g/mol. The Hall–Kier alpha value is -1.45. The van der Waals surface area contributed by atoms with Gasteiger partial charge in [-0.2, -0.15) is 0 Å². The minimum absolute atomic E-state index is 0.0688. The van der Waals surface area contributed by atoms with Crippen molar-refractivity contribution < 1.29 is 27.6 Å². The predicted molar refractivity (Wildman–Crippen MR) is 112 cm³/mol. The Morgan fingerprint density at radius 1 is 1.17 bits per heavy atom. The summed E-state index contributed by atoms with van der Waals surface area (Å²) in [5.41, 5.74) is -1.88. The quantitative estimate of drug-likeness (QED) is 0.605. The fourth-order valence-corrected chi connectivity index (χ4v) is 2.96. The molecule has 0 unspecified atom stereocenters. The largest absolute Gasteiger partial charge is 0.492 e. The Morgan fingerprint density at radius 3 is 2.10 bits per heavy atom. The third-order valence-electron chi connectivity index (χ3n) is 4.77. The maximum atomic E-state index is 14.4. The molecule has 0 saturated carbocycles. The third kappa shape index (κ3) is 6.02. The van der Waals surface area contributed by atoms with Crippen LogP contribution in [0.5, 0.6) is 0 Å². The van der Waals surface area contributed by atoms with Crippen molar-refractivity contribution in [3.05, 3.63) is 39.3 Å². The van der Waals surface area contributed by atoms with E-state index >= 15 is 0 Å². The zero-order valence-corrected chi connectivity index (χ0v) is 19.4. The summed E-state index contributed by atoms with van der Waals surface area (Å²) in [6, 6.07) is 2.33. The number of halogens is 3. The van der Waals surface area contributed by atoms with E-state index in [0.29, 0.717) is 5.47 Å². The summed E-state index contributed by atoms with van der Waals surface area (Å²) >= 11 is 3.06. The molecule has 29 heavy (non-hydrogen) atoms. The van der Waals surface area contributed by atoms with E-state index in [1.54, 1.807) is 20.8 Å². The number of ether oxygens (including phenoxy) is 1. The van der Waals surface area contributed by atoms with E-state index in [2.05, 4.69) is 21.2 Å². The molecule has 0 spiro atoms. The van der Waals surface area contributed by atoms with Gasteiger partial charge in [-0.15, -0.1) is 0 Å². The van der Waals surface area contributed by atoms with E-state index in [1.165, 1.54) is 6.08 Å². The monoisotopic (exact) mass is 473 g/mol. The highest BCUT2D eigenvalue weighted by Gasteiger charge is 2.52. The smallest absolute Gasteiger partial charge is 0.444 e. The van der Waals surface area contributed by atoms with Gasteiger partial charge >= 0.3 is 13.2 Å². The number of nitrogens with one attached hydrogen (secondary N) is 1. The lowest BCUT2D eigenvalue weighted by Gasteiger charge is -2.32. The van der Waals surface area contributed by atoms with E-state index in [0.717, 1.165) is 12.1 Å². The Morgan fingerprint density at radius 2 is 1.66 bits per heavy atom. The number of carbonyl (C=O) groups is 1. The molecule has 1 saturated heterocycles. The van der Waals surface area contributed by atoms with Crippen LogP contribution in [-0.4, -0.2) is 36.6 Å². The van der Waals surface area contributed by atoms with Crippen LogP contribution in [0.4, 0.5) is 13.6 Å². The zero-order chi connectivity index (χ0) is 22.2. The van der Waals surface area contributed by atoms with Gasteiger partial charge in [0.2, 0.25) is 0 Å². The average Bonchev–Trinajstić information content (AvgIpc) is 2.71. The van der Waals surface area contributed by atoms with E-state index < -0.39 is 41.6 Å². The standard InChI is InChI=1S/C20H27BBrF2NO4/c1-18(2,3)27-17(26)25-11-12(21-28-19(4,5)20(6,7)29-21)8-14-15(23)9-13(22)10-16(14)24/h8-10H,11H2,1-7H3,(H,25,26). The topological polar surface area (TPSA) is 56.8 Å². The SMILES string of the molecule is CC(C)(C)OC(=O)NCC(=Cc1c(F)cc(Br)cc1F)B1OC(C)(C)C(C)(C)O1. The van der Waals surface area contributed by atoms with Gasteiger partial charge in [-0.05, 0) is 66.1 Å². The predicted octanol–water partition coefficient (Wildman–Crippen LogP) is 5.27. The van der Waals surface area contributed by atoms with Crippen LogP contribution in [0, 0.1) is 11.6 Å². The first-order valence-electron chi connectivity index (χ1n) is 9.29. The fourth-order valence-electron chi connectivity index (χ4n) is 2.56.